The molecule has 1 aliphatic rings. The van der Waals surface area contributed by atoms with Gasteiger partial charge in [0, 0.05) is 29.5 Å². The van der Waals surface area contributed by atoms with Crippen molar-refractivity contribution in [3.63, 3.8) is 0 Å². The zero-order valence-corrected chi connectivity index (χ0v) is 12.3. The first-order valence-electron chi connectivity index (χ1n) is 5.83. The molecule has 0 atom stereocenters. The van der Waals surface area contributed by atoms with Crippen LogP contribution in [0.2, 0.25) is 5.02 Å². The Morgan fingerprint density at radius 1 is 1.17 bits per heavy atom. The monoisotopic (exact) mass is 299 g/mol. The van der Waals surface area contributed by atoms with Gasteiger partial charge in [0.2, 0.25) is 0 Å². The van der Waals surface area contributed by atoms with E-state index in [4.69, 9.17) is 11.6 Å². The van der Waals surface area contributed by atoms with E-state index in [0.29, 0.717) is 0 Å². The lowest BCUT2D eigenvalue weighted by atomic mass is 10.1. The van der Waals surface area contributed by atoms with Gasteiger partial charge in [0.05, 0.1) is 0 Å². The second-order valence-corrected chi connectivity index (χ2v) is 5.89. The normalized spacial score (nSPS) is 14.9. The minimum Gasteiger partial charge on any atom is -0.294 e. The van der Waals surface area contributed by atoms with E-state index in [0.717, 1.165) is 24.7 Å². The lowest BCUT2D eigenvalue weighted by molar-refractivity contribution is 0.247. The highest BCUT2D eigenvalue weighted by atomic mass is 35.5. The third-order valence-corrected chi connectivity index (χ3v) is 4.48. The molecule has 1 aromatic heterocycles. The number of fused-ring (bicyclic) bond motifs is 1. The molecule has 18 heavy (non-hydrogen) atoms. The van der Waals surface area contributed by atoms with E-state index in [1.54, 1.807) is 4.88 Å². The van der Waals surface area contributed by atoms with Crippen LogP contribution in [-0.2, 0) is 19.5 Å². The smallest absolute Gasteiger partial charge is 0.0406 e. The molecule has 0 unspecified atom stereocenters. The zero-order chi connectivity index (χ0) is 11.7. The maximum atomic E-state index is 5.89. The van der Waals surface area contributed by atoms with Gasteiger partial charge in [-0.15, -0.1) is 23.7 Å². The van der Waals surface area contributed by atoms with Crippen molar-refractivity contribution < 1.29 is 0 Å². The van der Waals surface area contributed by atoms with E-state index in [1.807, 2.05) is 23.5 Å². The minimum atomic E-state index is 0. The summed E-state index contributed by atoms with van der Waals surface area (Å²) in [6.07, 6.45) is 1.20. The van der Waals surface area contributed by atoms with Gasteiger partial charge in [0.15, 0.2) is 0 Å². The van der Waals surface area contributed by atoms with Gasteiger partial charge in [0.1, 0.15) is 0 Å². The van der Waals surface area contributed by atoms with E-state index in [-0.39, 0.29) is 12.4 Å². The Hall–Kier alpha value is -0.540. The molecule has 0 spiro atoms. The summed E-state index contributed by atoms with van der Waals surface area (Å²) >= 11 is 7.79. The third kappa shape index (κ3) is 3.07. The largest absolute Gasteiger partial charge is 0.294 e. The van der Waals surface area contributed by atoms with Crippen molar-refractivity contribution in [1.82, 2.24) is 4.90 Å². The average molecular weight is 300 g/mol. The maximum Gasteiger partial charge on any atom is 0.0406 e. The number of benzene rings is 1. The number of nitrogens with zero attached hydrogens (tertiary/aromatic N) is 1. The molecule has 4 heteroatoms. The van der Waals surface area contributed by atoms with Crippen LogP contribution >= 0.6 is 35.3 Å². The molecule has 0 N–H and O–H groups in total. The van der Waals surface area contributed by atoms with Crippen LogP contribution in [0.3, 0.4) is 0 Å². The molecule has 0 bridgehead atoms. The number of thiophene rings is 1. The van der Waals surface area contributed by atoms with Crippen molar-refractivity contribution in [1.29, 1.82) is 0 Å². The number of halogens is 2. The first-order valence-corrected chi connectivity index (χ1v) is 7.09. The lowest BCUT2D eigenvalue weighted by Crippen LogP contribution is -2.29. The maximum absolute atomic E-state index is 5.89. The third-order valence-electron chi connectivity index (χ3n) is 3.21. The van der Waals surface area contributed by atoms with Crippen LogP contribution < -0.4 is 0 Å². The van der Waals surface area contributed by atoms with Crippen LogP contribution in [-0.4, -0.2) is 11.4 Å². The highest BCUT2D eigenvalue weighted by Gasteiger charge is 2.16. The number of hydrogen-bond acceptors (Lipinski definition) is 2. The fourth-order valence-electron chi connectivity index (χ4n) is 2.29. The van der Waals surface area contributed by atoms with E-state index in [9.17, 15) is 0 Å². The topological polar surface area (TPSA) is 3.24 Å². The molecule has 0 aliphatic carbocycles. The summed E-state index contributed by atoms with van der Waals surface area (Å²) in [5, 5.41) is 3.02. The predicted molar refractivity (Wildman–Crippen MR) is 80.8 cm³/mol. The molecule has 0 saturated heterocycles. The summed E-state index contributed by atoms with van der Waals surface area (Å²) in [6, 6.07) is 10.4. The van der Waals surface area contributed by atoms with Crippen molar-refractivity contribution in [2.24, 2.45) is 0 Å². The van der Waals surface area contributed by atoms with E-state index in [1.165, 1.54) is 17.5 Å². The van der Waals surface area contributed by atoms with E-state index >= 15 is 0 Å². The quantitative estimate of drug-likeness (QED) is 0.795. The Balaban J connectivity index is 0.00000120. The van der Waals surface area contributed by atoms with Gasteiger partial charge >= 0.3 is 0 Å². The van der Waals surface area contributed by atoms with Crippen molar-refractivity contribution in [2.45, 2.75) is 19.5 Å². The minimum absolute atomic E-state index is 0. The molecule has 2 heterocycles. The average Bonchev–Trinajstić information content (AvgIpc) is 2.79. The fraction of sp³-hybridized carbons (Fsp3) is 0.286. The van der Waals surface area contributed by atoms with Crippen LogP contribution in [0.25, 0.3) is 0 Å². The summed E-state index contributed by atoms with van der Waals surface area (Å²) in [7, 11) is 0. The standard InChI is InChI=1S/C14H14ClNS.ClH/c15-13-3-1-11(2-4-13)9-16-7-5-14-12(10-16)6-8-17-14;/h1-4,6,8H,5,7,9-10H2;1H. The second-order valence-electron chi connectivity index (χ2n) is 4.46. The highest BCUT2D eigenvalue weighted by molar-refractivity contribution is 7.10. The van der Waals surface area contributed by atoms with Crippen LogP contribution in [0, 0.1) is 0 Å². The van der Waals surface area contributed by atoms with Crippen molar-refractivity contribution in [3.8, 4) is 0 Å². The molecule has 3 rings (SSSR count). The lowest BCUT2D eigenvalue weighted by Gasteiger charge is -2.26. The molecule has 2 aromatic rings. The van der Waals surface area contributed by atoms with Gasteiger partial charge in [-0.3, -0.25) is 4.90 Å². The molecule has 1 aliphatic heterocycles. The van der Waals surface area contributed by atoms with Gasteiger partial charge in [-0.1, -0.05) is 23.7 Å². The summed E-state index contributed by atoms with van der Waals surface area (Å²) in [5.74, 6) is 0. The summed E-state index contributed by atoms with van der Waals surface area (Å²) in [5.41, 5.74) is 2.85. The van der Waals surface area contributed by atoms with Gasteiger partial charge < -0.3 is 0 Å². The summed E-state index contributed by atoms with van der Waals surface area (Å²) in [4.78, 5) is 4.07. The van der Waals surface area contributed by atoms with Crippen molar-refractivity contribution in [2.75, 3.05) is 6.54 Å². The molecule has 1 nitrogen and oxygen atoms in total. The van der Waals surface area contributed by atoms with Crippen LogP contribution in [0.4, 0.5) is 0 Å². The van der Waals surface area contributed by atoms with Crippen LogP contribution in [0.15, 0.2) is 35.7 Å². The SMILES string of the molecule is Cl.Clc1ccc(CN2CCc3sccc3C2)cc1. The molecular weight excluding hydrogens is 285 g/mol. The Labute approximate surface area is 123 Å². The summed E-state index contributed by atoms with van der Waals surface area (Å²) < 4.78 is 0. The number of rotatable bonds is 2. The van der Waals surface area contributed by atoms with Gasteiger partial charge in [0.25, 0.3) is 0 Å². The predicted octanol–water partition coefficient (Wildman–Crippen LogP) is 4.38. The molecule has 0 saturated carbocycles. The molecular formula is C14H15Cl2NS. The summed E-state index contributed by atoms with van der Waals surface area (Å²) in [6.45, 7) is 3.27. The Bertz CT molecular complexity index is 507. The first kappa shape index (κ1) is 13.9. The van der Waals surface area contributed by atoms with Crippen LogP contribution in [0.1, 0.15) is 16.0 Å². The number of hydrogen-bond donors (Lipinski definition) is 0. The zero-order valence-electron chi connectivity index (χ0n) is 9.93. The molecule has 0 fully saturated rings. The van der Waals surface area contributed by atoms with Gasteiger partial charge in [-0.2, -0.15) is 0 Å². The Kier molecular flexibility index (Phi) is 4.68. The molecule has 0 amide bonds. The van der Waals surface area contributed by atoms with Crippen molar-refractivity contribution >= 4 is 35.3 Å². The fourth-order valence-corrected chi connectivity index (χ4v) is 3.31. The second kappa shape index (κ2) is 6.07. The van der Waals surface area contributed by atoms with Gasteiger partial charge in [-0.25, -0.2) is 0 Å². The Morgan fingerprint density at radius 3 is 2.72 bits per heavy atom. The van der Waals surface area contributed by atoms with Crippen molar-refractivity contribution in [3.05, 3.63) is 56.7 Å². The van der Waals surface area contributed by atoms with Crippen LogP contribution in [0.5, 0.6) is 0 Å². The first-order chi connectivity index (χ1) is 8.31. The highest BCUT2D eigenvalue weighted by Crippen LogP contribution is 2.25. The van der Waals surface area contributed by atoms with E-state index in [2.05, 4.69) is 28.5 Å². The van der Waals surface area contributed by atoms with Gasteiger partial charge in [-0.05, 0) is 41.1 Å². The van der Waals surface area contributed by atoms with E-state index < -0.39 is 0 Å². The Morgan fingerprint density at radius 2 is 1.94 bits per heavy atom. The molecule has 1 aromatic carbocycles. The molecule has 0 radical (unpaired) electrons. The molecule has 96 valence electrons.